The van der Waals surface area contributed by atoms with Crippen molar-refractivity contribution in [1.82, 2.24) is 5.32 Å². The summed E-state index contributed by atoms with van der Waals surface area (Å²) in [5.74, 6) is 0.653. The van der Waals surface area contributed by atoms with E-state index in [2.05, 4.69) is 16.0 Å². The third kappa shape index (κ3) is 5.51. The van der Waals surface area contributed by atoms with E-state index in [0.717, 1.165) is 12.1 Å². The monoisotopic (exact) mass is 481 g/mol. The number of ether oxygens (including phenoxy) is 4. The molecule has 3 N–H and O–H groups in total. The highest BCUT2D eigenvalue weighted by atomic mass is 19.4. The lowest BCUT2D eigenvalue weighted by molar-refractivity contribution is -0.137. The topological polar surface area (TPSA) is 107 Å². The van der Waals surface area contributed by atoms with E-state index in [1.165, 1.54) is 12.1 Å². The van der Waals surface area contributed by atoms with Crippen molar-refractivity contribution in [1.29, 1.82) is 0 Å². The first-order valence-electron chi connectivity index (χ1n) is 10.3. The molecule has 12 heteroatoms. The summed E-state index contributed by atoms with van der Waals surface area (Å²) in [6.07, 6.45) is -7.43. The minimum Gasteiger partial charge on any atom is -0.497 e. The van der Waals surface area contributed by atoms with Gasteiger partial charge < -0.3 is 29.6 Å². The molecule has 4 atom stereocenters. The van der Waals surface area contributed by atoms with E-state index in [-0.39, 0.29) is 18.9 Å². The maximum atomic E-state index is 12.8. The normalized spacial score (nSPS) is 23.6. The zero-order valence-electron chi connectivity index (χ0n) is 17.9. The van der Waals surface area contributed by atoms with Gasteiger partial charge in [0.1, 0.15) is 18.0 Å². The van der Waals surface area contributed by atoms with Crippen LogP contribution in [0.15, 0.2) is 48.5 Å². The number of anilines is 2. The van der Waals surface area contributed by atoms with Gasteiger partial charge in [-0.1, -0.05) is 6.07 Å². The Kier molecular flexibility index (Phi) is 6.80. The maximum absolute atomic E-state index is 12.8. The zero-order valence-corrected chi connectivity index (χ0v) is 17.9. The van der Waals surface area contributed by atoms with Crippen molar-refractivity contribution < 1.29 is 41.7 Å². The molecule has 2 saturated heterocycles. The second-order valence-corrected chi connectivity index (χ2v) is 7.68. The van der Waals surface area contributed by atoms with Crippen molar-refractivity contribution in [3.8, 4) is 5.75 Å². The molecule has 0 radical (unpaired) electrons. The summed E-state index contributed by atoms with van der Waals surface area (Å²) in [4.78, 5) is 24.5. The second kappa shape index (κ2) is 9.77. The van der Waals surface area contributed by atoms with Crippen LogP contribution in [-0.4, -0.2) is 56.8 Å². The van der Waals surface area contributed by atoms with Gasteiger partial charge in [0.25, 0.3) is 0 Å². The molecular weight excluding hydrogens is 459 g/mol. The van der Waals surface area contributed by atoms with Gasteiger partial charge in [-0.15, -0.1) is 0 Å². The Morgan fingerprint density at radius 2 is 1.71 bits per heavy atom. The number of rotatable bonds is 5. The lowest BCUT2D eigenvalue weighted by Gasteiger charge is -2.18. The Bertz CT molecular complexity index is 1030. The van der Waals surface area contributed by atoms with Gasteiger partial charge in [-0.3, -0.25) is 5.32 Å². The van der Waals surface area contributed by atoms with Crippen LogP contribution >= 0.6 is 0 Å². The maximum Gasteiger partial charge on any atom is 0.416 e. The highest BCUT2D eigenvalue weighted by Crippen LogP contribution is 2.31. The third-order valence-corrected chi connectivity index (χ3v) is 5.37. The van der Waals surface area contributed by atoms with Crippen molar-refractivity contribution in [3.63, 3.8) is 0 Å². The third-order valence-electron chi connectivity index (χ3n) is 5.37. The van der Waals surface area contributed by atoms with Crippen molar-refractivity contribution in [3.05, 3.63) is 54.1 Å². The molecule has 2 aliphatic rings. The largest absolute Gasteiger partial charge is 0.497 e. The van der Waals surface area contributed by atoms with Crippen LogP contribution in [0, 0.1) is 0 Å². The van der Waals surface area contributed by atoms with Crippen molar-refractivity contribution in [2.45, 2.75) is 30.5 Å². The molecule has 2 fully saturated rings. The van der Waals surface area contributed by atoms with Crippen LogP contribution in [0.5, 0.6) is 5.75 Å². The number of hydrogen-bond acceptors (Lipinski definition) is 6. The Balaban J connectivity index is 1.28. The summed E-state index contributed by atoms with van der Waals surface area (Å²) in [6, 6.07) is 10.0. The smallest absolute Gasteiger partial charge is 0.416 e. The van der Waals surface area contributed by atoms with E-state index < -0.39 is 48.2 Å². The Morgan fingerprint density at radius 3 is 2.41 bits per heavy atom. The number of carbonyl (C=O) groups is 2. The van der Waals surface area contributed by atoms with Crippen molar-refractivity contribution in [2.24, 2.45) is 0 Å². The van der Waals surface area contributed by atoms with Gasteiger partial charge in [-0.25, -0.2) is 9.59 Å². The minimum atomic E-state index is -4.53. The second-order valence-electron chi connectivity index (χ2n) is 7.68. The summed E-state index contributed by atoms with van der Waals surface area (Å²) in [6.45, 7) is 0.157. The summed E-state index contributed by atoms with van der Waals surface area (Å²) in [5, 5.41) is 7.74. The summed E-state index contributed by atoms with van der Waals surface area (Å²) in [7, 11) is 1.54. The van der Waals surface area contributed by atoms with Crippen LogP contribution in [0.4, 0.5) is 34.1 Å². The van der Waals surface area contributed by atoms with Gasteiger partial charge >= 0.3 is 18.3 Å². The molecule has 3 amide bonds. The Morgan fingerprint density at radius 1 is 0.971 bits per heavy atom. The molecule has 0 aliphatic carbocycles. The van der Waals surface area contributed by atoms with E-state index in [1.807, 2.05) is 0 Å². The molecule has 9 nitrogen and oxygen atoms in total. The number of nitrogens with one attached hydrogen (secondary N) is 3. The van der Waals surface area contributed by atoms with Crippen LogP contribution in [0.3, 0.4) is 0 Å². The number of methoxy groups -OCH3 is 1. The number of halogens is 3. The fourth-order valence-electron chi connectivity index (χ4n) is 3.76. The van der Waals surface area contributed by atoms with Crippen LogP contribution in [-0.2, 0) is 20.4 Å². The SMILES string of the molecule is COc1ccc(NC(=O)N[C@H]2CO[C@H]3[C@@H]2OC[C@H]3OC(=O)Nc2cccc(C(F)(F)F)c2)cc1. The van der Waals surface area contributed by atoms with Crippen LogP contribution in [0.1, 0.15) is 5.56 Å². The molecule has 0 saturated carbocycles. The molecule has 2 aromatic carbocycles. The highest BCUT2D eigenvalue weighted by molar-refractivity contribution is 5.89. The molecule has 2 aromatic rings. The van der Waals surface area contributed by atoms with E-state index in [1.54, 1.807) is 31.4 Å². The summed E-state index contributed by atoms with van der Waals surface area (Å²) < 4.78 is 60.2. The first-order chi connectivity index (χ1) is 16.2. The molecular formula is C22H22F3N3O6. The van der Waals surface area contributed by atoms with Crippen molar-refractivity contribution >= 4 is 23.5 Å². The molecule has 34 heavy (non-hydrogen) atoms. The van der Waals surface area contributed by atoms with E-state index >= 15 is 0 Å². The lowest BCUT2D eigenvalue weighted by Crippen LogP contribution is -2.46. The number of hydrogen-bond donors (Lipinski definition) is 3. The minimum absolute atomic E-state index is 0.0175. The number of benzene rings is 2. The number of alkyl halides is 3. The Labute approximate surface area is 192 Å². The quantitative estimate of drug-likeness (QED) is 0.602. The number of amides is 3. The molecule has 2 heterocycles. The standard InChI is InChI=1S/C22H22F3N3O6/c1-31-15-7-5-13(6-8-15)26-20(29)28-16-10-32-19-17(11-33-18(16)19)34-21(30)27-14-4-2-3-12(9-14)22(23,24)25/h2-9,16-19H,10-11H2,1H3,(H,27,30)(H2,26,28,29)/t16-,17+,18+,19+/m0/s1. The number of fused-ring (bicyclic) bond motifs is 1. The molecule has 182 valence electrons. The summed E-state index contributed by atoms with van der Waals surface area (Å²) >= 11 is 0. The number of urea groups is 1. The van der Waals surface area contributed by atoms with Crippen LogP contribution < -0.4 is 20.7 Å². The van der Waals surface area contributed by atoms with Gasteiger partial charge in [0.05, 0.1) is 31.9 Å². The molecule has 0 spiro atoms. The fourth-order valence-corrected chi connectivity index (χ4v) is 3.76. The number of carbonyl (C=O) groups excluding carboxylic acids is 2. The molecule has 0 bridgehead atoms. The predicted molar refractivity (Wildman–Crippen MR) is 114 cm³/mol. The first kappa shape index (κ1) is 23.6. The van der Waals surface area contributed by atoms with Crippen molar-refractivity contribution in [2.75, 3.05) is 31.0 Å². The van der Waals surface area contributed by atoms with E-state index in [9.17, 15) is 22.8 Å². The average Bonchev–Trinajstić information content (AvgIpc) is 3.37. The zero-order chi connectivity index (χ0) is 24.3. The molecule has 2 aliphatic heterocycles. The van der Waals surface area contributed by atoms with E-state index in [4.69, 9.17) is 18.9 Å². The molecule has 0 aromatic heterocycles. The fraction of sp³-hybridized carbons (Fsp3) is 0.364. The molecule has 4 rings (SSSR count). The Hall–Kier alpha value is -3.51. The van der Waals surface area contributed by atoms with Gasteiger partial charge in [-0.2, -0.15) is 13.2 Å². The summed E-state index contributed by atoms with van der Waals surface area (Å²) in [5.41, 5.74) is -0.388. The first-order valence-corrected chi connectivity index (χ1v) is 10.3. The predicted octanol–water partition coefficient (Wildman–Crippen LogP) is 3.62. The van der Waals surface area contributed by atoms with Gasteiger partial charge in [-0.05, 0) is 42.5 Å². The lowest BCUT2D eigenvalue weighted by atomic mass is 10.1. The van der Waals surface area contributed by atoms with Gasteiger partial charge in [0, 0.05) is 11.4 Å². The average molecular weight is 481 g/mol. The van der Waals surface area contributed by atoms with Crippen LogP contribution in [0.25, 0.3) is 0 Å². The molecule has 0 unspecified atom stereocenters. The van der Waals surface area contributed by atoms with E-state index in [0.29, 0.717) is 11.4 Å². The van der Waals surface area contributed by atoms with Crippen LogP contribution in [0.2, 0.25) is 0 Å². The van der Waals surface area contributed by atoms with Gasteiger partial charge in [0.15, 0.2) is 6.10 Å². The van der Waals surface area contributed by atoms with Gasteiger partial charge in [0.2, 0.25) is 0 Å². The highest BCUT2D eigenvalue weighted by Gasteiger charge is 2.50.